The molecule has 20 heavy (non-hydrogen) atoms. The van der Waals surface area contributed by atoms with Crippen LogP contribution in [0.25, 0.3) is 0 Å². The summed E-state index contributed by atoms with van der Waals surface area (Å²) in [6.07, 6.45) is -0.131. The summed E-state index contributed by atoms with van der Waals surface area (Å²) in [5.74, 6) is -0.904. The van der Waals surface area contributed by atoms with E-state index < -0.39 is 21.8 Å². The van der Waals surface area contributed by atoms with Crippen LogP contribution in [0, 0.1) is 6.92 Å². The second-order valence-corrected chi connectivity index (χ2v) is 8.42. The van der Waals surface area contributed by atoms with Gasteiger partial charge in [0.25, 0.3) is 0 Å². The number of nitrogens with zero attached hydrogens (tertiary/aromatic N) is 1. The molecule has 2 heterocycles. The molecule has 1 fully saturated rings. The number of carboxylic acids is 1. The van der Waals surface area contributed by atoms with Gasteiger partial charge in [-0.05, 0) is 30.9 Å². The average Bonchev–Trinajstić information content (AvgIpc) is 2.73. The summed E-state index contributed by atoms with van der Waals surface area (Å²) >= 11 is 1.63. The van der Waals surface area contributed by atoms with Gasteiger partial charge in [0.1, 0.15) is 0 Å². The Morgan fingerprint density at radius 3 is 2.85 bits per heavy atom. The first kappa shape index (κ1) is 15.5. The van der Waals surface area contributed by atoms with E-state index in [1.807, 2.05) is 30.2 Å². The molecule has 1 aromatic rings. The quantitative estimate of drug-likeness (QED) is 0.914. The van der Waals surface area contributed by atoms with Crippen molar-refractivity contribution in [2.75, 3.05) is 18.1 Å². The van der Waals surface area contributed by atoms with Crippen LogP contribution in [-0.4, -0.2) is 48.5 Å². The zero-order valence-electron chi connectivity index (χ0n) is 11.6. The van der Waals surface area contributed by atoms with Crippen molar-refractivity contribution in [1.29, 1.82) is 0 Å². The fourth-order valence-corrected chi connectivity index (χ4v) is 5.31. The number of thiophene rings is 1. The van der Waals surface area contributed by atoms with Crippen molar-refractivity contribution in [3.05, 3.63) is 21.9 Å². The Hall–Kier alpha value is -0.920. The molecule has 2 unspecified atom stereocenters. The Morgan fingerprint density at radius 2 is 2.30 bits per heavy atom. The Labute approximate surface area is 123 Å². The van der Waals surface area contributed by atoms with Gasteiger partial charge in [-0.2, -0.15) is 0 Å². The molecular weight excluding hydrogens is 298 g/mol. The SMILES string of the molecule is Cc1ccsc1C(C)N1CCS(=O)(=O)CC1CC(=O)O. The van der Waals surface area contributed by atoms with Crippen LogP contribution in [-0.2, 0) is 14.6 Å². The molecule has 112 valence electrons. The lowest BCUT2D eigenvalue weighted by Gasteiger charge is -2.38. The van der Waals surface area contributed by atoms with E-state index in [2.05, 4.69) is 0 Å². The minimum atomic E-state index is -3.12. The van der Waals surface area contributed by atoms with Gasteiger partial charge in [-0.25, -0.2) is 8.42 Å². The zero-order chi connectivity index (χ0) is 14.9. The van der Waals surface area contributed by atoms with E-state index in [9.17, 15) is 13.2 Å². The Morgan fingerprint density at radius 1 is 1.60 bits per heavy atom. The molecule has 1 aromatic heterocycles. The summed E-state index contributed by atoms with van der Waals surface area (Å²) in [5, 5.41) is 11.0. The number of rotatable bonds is 4. The number of carboxylic acid groups (broad SMARTS) is 1. The summed E-state index contributed by atoms with van der Waals surface area (Å²) in [5.41, 5.74) is 1.17. The second-order valence-electron chi connectivity index (χ2n) is 5.25. The van der Waals surface area contributed by atoms with Gasteiger partial charge in [0, 0.05) is 23.5 Å². The van der Waals surface area contributed by atoms with Gasteiger partial charge in [0.2, 0.25) is 0 Å². The van der Waals surface area contributed by atoms with Gasteiger partial charge in [-0.3, -0.25) is 9.69 Å². The van der Waals surface area contributed by atoms with Crippen molar-refractivity contribution in [2.24, 2.45) is 0 Å². The van der Waals surface area contributed by atoms with Crippen molar-refractivity contribution < 1.29 is 18.3 Å². The molecule has 2 atom stereocenters. The van der Waals surface area contributed by atoms with E-state index in [-0.39, 0.29) is 24.0 Å². The molecule has 1 saturated heterocycles. The highest BCUT2D eigenvalue weighted by Crippen LogP contribution is 2.32. The highest BCUT2D eigenvalue weighted by atomic mass is 32.2. The Balaban J connectivity index is 2.24. The van der Waals surface area contributed by atoms with Crippen LogP contribution in [0.5, 0.6) is 0 Å². The number of hydrogen-bond acceptors (Lipinski definition) is 5. The van der Waals surface area contributed by atoms with Gasteiger partial charge < -0.3 is 5.11 Å². The fourth-order valence-electron chi connectivity index (χ4n) is 2.75. The molecule has 0 saturated carbocycles. The van der Waals surface area contributed by atoms with Crippen LogP contribution in [0.2, 0.25) is 0 Å². The van der Waals surface area contributed by atoms with Crippen LogP contribution in [0.4, 0.5) is 0 Å². The second kappa shape index (κ2) is 5.83. The number of aliphatic carboxylic acids is 1. The maximum absolute atomic E-state index is 11.7. The third-order valence-corrected chi connectivity index (χ3v) is 6.65. The summed E-state index contributed by atoms with van der Waals surface area (Å²) < 4.78 is 23.5. The molecule has 2 rings (SSSR count). The number of aryl methyl sites for hydroxylation is 1. The topological polar surface area (TPSA) is 74.7 Å². The summed E-state index contributed by atoms with van der Waals surface area (Å²) in [7, 11) is -3.12. The van der Waals surface area contributed by atoms with Gasteiger partial charge in [-0.15, -0.1) is 11.3 Å². The maximum Gasteiger partial charge on any atom is 0.304 e. The Kier molecular flexibility index (Phi) is 4.51. The van der Waals surface area contributed by atoms with Gasteiger partial charge in [0.05, 0.1) is 17.9 Å². The number of hydrogen-bond donors (Lipinski definition) is 1. The lowest BCUT2D eigenvalue weighted by molar-refractivity contribution is -0.138. The number of sulfone groups is 1. The van der Waals surface area contributed by atoms with Crippen LogP contribution >= 0.6 is 11.3 Å². The van der Waals surface area contributed by atoms with Crippen molar-refractivity contribution in [3.63, 3.8) is 0 Å². The van der Waals surface area contributed by atoms with E-state index in [1.165, 1.54) is 10.4 Å². The molecule has 1 aliphatic rings. The molecule has 0 radical (unpaired) electrons. The van der Waals surface area contributed by atoms with Gasteiger partial charge >= 0.3 is 5.97 Å². The molecule has 0 spiro atoms. The van der Waals surface area contributed by atoms with E-state index >= 15 is 0 Å². The third kappa shape index (κ3) is 3.39. The Bertz CT molecular complexity index is 593. The molecule has 0 aliphatic carbocycles. The van der Waals surface area contributed by atoms with Crippen molar-refractivity contribution in [3.8, 4) is 0 Å². The van der Waals surface area contributed by atoms with Crippen LogP contribution in [0.1, 0.15) is 29.8 Å². The average molecular weight is 317 g/mol. The maximum atomic E-state index is 11.7. The smallest absolute Gasteiger partial charge is 0.304 e. The first-order valence-electron chi connectivity index (χ1n) is 6.52. The van der Waals surface area contributed by atoms with Gasteiger partial charge in [0.15, 0.2) is 9.84 Å². The molecule has 1 aliphatic heterocycles. The first-order valence-corrected chi connectivity index (χ1v) is 9.22. The number of carbonyl (C=O) groups is 1. The van der Waals surface area contributed by atoms with E-state index in [0.717, 1.165) is 0 Å². The van der Waals surface area contributed by atoms with E-state index in [1.54, 1.807) is 11.3 Å². The molecule has 0 amide bonds. The summed E-state index contributed by atoms with van der Waals surface area (Å²) in [4.78, 5) is 14.2. The minimum Gasteiger partial charge on any atom is -0.481 e. The molecule has 7 heteroatoms. The van der Waals surface area contributed by atoms with Crippen LogP contribution in [0.3, 0.4) is 0 Å². The van der Waals surface area contributed by atoms with Crippen LogP contribution < -0.4 is 0 Å². The highest BCUT2D eigenvalue weighted by Gasteiger charge is 2.36. The van der Waals surface area contributed by atoms with Crippen molar-refractivity contribution >= 4 is 27.1 Å². The third-order valence-electron chi connectivity index (χ3n) is 3.76. The lowest BCUT2D eigenvalue weighted by atomic mass is 10.1. The molecule has 5 nitrogen and oxygen atoms in total. The molecule has 1 N–H and O–H groups in total. The largest absolute Gasteiger partial charge is 0.481 e. The predicted molar refractivity (Wildman–Crippen MR) is 78.9 cm³/mol. The minimum absolute atomic E-state index is 0.0508. The predicted octanol–water partition coefficient (Wildman–Crippen LogP) is 1.69. The standard InChI is InChI=1S/C13H19NO4S2/c1-9-3-5-19-13(9)10(2)14-4-6-20(17,18)8-11(14)7-12(15)16/h3,5,10-11H,4,6-8H2,1-2H3,(H,15,16). The lowest BCUT2D eigenvalue weighted by Crippen LogP contribution is -2.50. The zero-order valence-corrected chi connectivity index (χ0v) is 13.2. The highest BCUT2D eigenvalue weighted by molar-refractivity contribution is 7.91. The normalized spacial score (nSPS) is 24.4. The summed E-state index contributed by atoms with van der Waals surface area (Å²) in [6, 6.07) is 1.64. The monoisotopic (exact) mass is 317 g/mol. The summed E-state index contributed by atoms with van der Waals surface area (Å²) in [6.45, 7) is 4.44. The van der Waals surface area contributed by atoms with Crippen molar-refractivity contribution in [2.45, 2.75) is 32.4 Å². The van der Waals surface area contributed by atoms with Crippen molar-refractivity contribution in [1.82, 2.24) is 4.90 Å². The fraction of sp³-hybridized carbons (Fsp3) is 0.615. The molecule has 0 bridgehead atoms. The molecule has 0 aromatic carbocycles. The van der Waals surface area contributed by atoms with Crippen LogP contribution in [0.15, 0.2) is 11.4 Å². The van der Waals surface area contributed by atoms with E-state index in [0.29, 0.717) is 6.54 Å². The molecular formula is C13H19NO4S2. The first-order chi connectivity index (χ1) is 9.30. The van der Waals surface area contributed by atoms with E-state index in [4.69, 9.17) is 5.11 Å². The van der Waals surface area contributed by atoms with Gasteiger partial charge in [-0.1, -0.05) is 0 Å².